The lowest BCUT2D eigenvalue weighted by Gasteiger charge is -2.63. The molecular weight excluding hydrogens is 372 g/mol. The van der Waals surface area contributed by atoms with Crippen LogP contribution < -0.4 is 10.6 Å². The van der Waals surface area contributed by atoms with Gasteiger partial charge < -0.3 is 15.7 Å². The van der Waals surface area contributed by atoms with Crippen LogP contribution in [0.25, 0.3) is 0 Å². The van der Waals surface area contributed by atoms with Crippen LogP contribution in [0, 0.1) is 46.3 Å². The van der Waals surface area contributed by atoms with Gasteiger partial charge in [0.25, 0.3) is 0 Å². The monoisotopic (exact) mass is 418 g/mol. The summed E-state index contributed by atoms with van der Waals surface area (Å²) in [5, 5.41) is 16.6. The Morgan fingerprint density at radius 3 is 2.37 bits per heavy atom. The van der Waals surface area contributed by atoms with Gasteiger partial charge in [0.1, 0.15) is 0 Å². The van der Waals surface area contributed by atoms with E-state index in [4.69, 9.17) is 0 Å². The molecular formula is C26H46N2O2. The first-order chi connectivity index (χ1) is 14.2. The highest BCUT2D eigenvalue weighted by molar-refractivity contribution is 5.66. The Balaban J connectivity index is 1.57. The summed E-state index contributed by atoms with van der Waals surface area (Å²) in [5.41, 5.74) is 0.916. The normalized spacial score (nSPS) is 49.0. The van der Waals surface area contributed by atoms with Gasteiger partial charge in [-0.05, 0) is 118 Å². The van der Waals surface area contributed by atoms with Gasteiger partial charge in [0, 0.05) is 18.5 Å². The van der Waals surface area contributed by atoms with Crippen LogP contribution >= 0.6 is 0 Å². The molecule has 10 atom stereocenters. The van der Waals surface area contributed by atoms with Crippen LogP contribution in [0.5, 0.6) is 0 Å². The molecule has 4 aliphatic carbocycles. The zero-order chi connectivity index (χ0) is 21.7. The summed E-state index contributed by atoms with van der Waals surface area (Å²) in [6.07, 6.45) is 12.0. The van der Waals surface area contributed by atoms with Crippen LogP contribution in [0.1, 0.15) is 85.0 Å². The van der Waals surface area contributed by atoms with E-state index in [2.05, 4.69) is 45.5 Å². The first-order valence-electron chi connectivity index (χ1n) is 12.8. The lowest BCUT2D eigenvalue weighted by atomic mass is 9.43. The SMILES string of the molecule is CNC1C[C@H]2C[C@H](NC)CC[C@]2(C)C2CC[C@]3(C)C(C(C)CCC(=O)O)CCC3C12. The summed E-state index contributed by atoms with van der Waals surface area (Å²) in [7, 11) is 4.35. The smallest absolute Gasteiger partial charge is 0.303 e. The zero-order valence-electron chi connectivity index (χ0n) is 20.0. The summed E-state index contributed by atoms with van der Waals surface area (Å²) in [6, 6.07) is 1.36. The van der Waals surface area contributed by atoms with Crippen molar-refractivity contribution in [1.82, 2.24) is 10.6 Å². The van der Waals surface area contributed by atoms with Crippen molar-refractivity contribution in [3.05, 3.63) is 0 Å². The number of nitrogens with one attached hydrogen (secondary N) is 2. The number of hydrogen-bond donors (Lipinski definition) is 3. The highest BCUT2D eigenvalue weighted by Gasteiger charge is 2.62. The van der Waals surface area contributed by atoms with Crippen LogP contribution in [0.15, 0.2) is 0 Å². The molecule has 0 aromatic heterocycles. The van der Waals surface area contributed by atoms with Crippen molar-refractivity contribution in [1.29, 1.82) is 0 Å². The van der Waals surface area contributed by atoms with Crippen molar-refractivity contribution < 1.29 is 9.90 Å². The van der Waals surface area contributed by atoms with E-state index in [9.17, 15) is 9.90 Å². The highest BCUT2D eigenvalue weighted by atomic mass is 16.4. The van der Waals surface area contributed by atoms with Crippen LogP contribution in [-0.4, -0.2) is 37.3 Å². The highest BCUT2D eigenvalue weighted by Crippen LogP contribution is 2.68. The van der Waals surface area contributed by atoms with Crippen LogP contribution in [0.4, 0.5) is 0 Å². The molecule has 0 saturated heterocycles. The second kappa shape index (κ2) is 8.39. The third-order valence-corrected chi connectivity index (χ3v) is 11.1. The van der Waals surface area contributed by atoms with Crippen molar-refractivity contribution in [3.63, 3.8) is 0 Å². The van der Waals surface area contributed by atoms with Gasteiger partial charge in [-0.3, -0.25) is 4.79 Å². The van der Waals surface area contributed by atoms with E-state index in [-0.39, 0.29) is 0 Å². The van der Waals surface area contributed by atoms with Crippen molar-refractivity contribution in [3.8, 4) is 0 Å². The molecule has 0 aliphatic heterocycles. The average molecular weight is 419 g/mol. The fraction of sp³-hybridized carbons (Fsp3) is 0.962. The molecule has 3 N–H and O–H groups in total. The Bertz CT molecular complexity index is 639. The largest absolute Gasteiger partial charge is 0.481 e. The number of fused-ring (bicyclic) bond motifs is 5. The van der Waals surface area contributed by atoms with E-state index in [1.807, 2.05) is 0 Å². The lowest BCUT2D eigenvalue weighted by molar-refractivity contribution is -0.138. The molecule has 0 heterocycles. The van der Waals surface area contributed by atoms with Gasteiger partial charge in [-0.15, -0.1) is 0 Å². The van der Waals surface area contributed by atoms with Gasteiger partial charge in [0.15, 0.2) is 0 Å². The van der Waals surface area contributed by atoms with Gasteiger partial charge in [-0.25, -0.2) is 0 Å². The predicted molar refractivity (Wildman–Crippen MR) is 122 cm³/mol. The molecule has 4 aliphatic rings. The molecule has 30 heavy (non-hydrogen) atoms. The molecule has 4 nitrogen and oxygen atoms in total. The Labute approximate surface area is 184 Å². The molecule has 0 radical (unpaired) electrons. The zero-order valence-corrected chi connectivity index (χ0v) is 20.0. The number of carboxylic acids is 1. The fourth-order valence-electron chi connectivity index (χ4n) is 9.36. The number of carboxylic acid groups (broad SMARTS) is 1. The second-order valence-electron chi connectivity index (χ2n) is 12.0. The first-order valence-corrected chi connectivity index (χ1v) is 12.8. The Kier molecular flexibility index (Phi) is 6.31. The summed E-state index contributed by atoms with van der Waals surface area (Å²) in [5.74, 6) is 3.91. The summed E-state index contributed by atoms with van der Waals surface area (Å²) >= 11 is 0. The molecule has 6 unspecified atom stereocenters. The van der Waals surface area contributed by atoms with Gasteiger partial charge in [0.2, 0.25) is 0 Å². The third-order valence-electron chi connectivity index (χ3n) is 11.1. The van der Waals surface area contributed by atoms with E-state index in [0.717, 1.165) is 30.1 Å². The molecule has 4 saturated carbocycles. The Morgan fingerprint density at radius 2 is 1.70 bits per heavy atom. The summed E-state index contributed by atoms with van der Waals surface area (Å²) < 4.78 is 0. The minimum absolute atomic E-state index is 0.329. The molecule has 4 heteroatoms. The summed E-state index contributed by atoms with van der Waals surface area (Å²) in [6.45, 7) is 7.57. The van der Waals surface area contributed by atoms with Gasteiger partial charge in [0.05, 0.1) is 0 Å². The van der Waals surface area contributed by atoms with E-state index >= 15 is 0 Å². The number of carbonyl (C=O) groups is 1. The van der Waals surface area contributed by atoms with Crippen molar-refractivity contribution in [2.24, 2.45) is 46.3 Å². The molecule has 0 aromatic rings. The average Bonchev–Trinajstić information content (AvgIpc) is 3.08. The molecule has 0 spiro atoms. The standard InChI is InChI=1S/C26H46N2O2/c1-16(6-9-23(29)30)19-7-8-20-24-21(11-13-26(19,20)3)25(2)12-10-18(27-4)14-17(25)15-22(24)28-5/h16-22,24,27-28H,6-15H2,1-5H3,(H,29,30)/t16?,17-,18-,19?,20?,21?,22?,24?,25+,26-/m1/s1. The minimum atomic E-state index is -0.635. The topological polar surface area (TPSA) is 61.4 Å². The molecule has 4 rings (SSSR count). The number of hydrogen-bond acceptors (Lipinski definition) is 3. The second-order valence-corrected chi connectivity index (χ2v) is 12.0. The van der Waals surface area contributed by atoms with Gasteiger partial charge in [-0.2, -0.15) is 0 Å². The quantitative estimate of drug-likeness (QED) is 0.572. The van der Waals surface area contributed by atoms with Gasteiger partial charge in [-0.1, -0.05) is 20.8 Å². The molecule has 0 bridgehead atoms. The van der Waals surface area contributed by atoms with E-state index in [1.165, 1.54) is 51.4 Å². The number of rotatable bonds is 6. The maximum atomic E-state index is 11.2. The van der Waals surface area contributed by atoms with Crippen molar-refractivity contribution in [2.45, 2.75) is 97.1 Å². The predicted octanol–water partition coefficient (Wildman–Crippen LogP) is 4.93. The van der Waals surface area contributed by atoms with Crippen LogP contribution in [-0.2, 0) is 4.79 Å². The van der Waals surface area contributed by atoms with Crippen molar-refractivity contribution >= 4 is 5.97 Å². The number of aliphatic carboxylic acids is 1. The van der Waals surface area contributed by atoms with E-state index in [1.54, 1.807) is 0 Å². The maximum Gasteiger partial charge on any atom is 0.303 e. The molecule has 0 amide bonds. The first kappa shape index (κ1) is 22.6. The molecule has 172 valence electrons. The van der Waals surface area contributed by atoms with Crippen LogP contribution in [0.2, 0.25) is 0 Å². The van der Waals surface area contributed by atoms with E-state index < -0.39 is 5.97 Å². The van der Waals surface area contributed by atoms with Gasteiger partial charge >= 0.3 is 5.97 Å². The minimum Gasteiger partial charge on any atom is -0.481 e. The molecule has 0 aromatic carbocycles. The third kappa shape index (κ3) is 3.54. The summed E-state index contributed by atoms with van der Waals surface area (Å²) in [4.78, 5) is 11.2. The lowest BCUT2D eigenvalue weighted by Crippen LogP contribution is -2.61. The van der Waals surface area contributed by atoms with Crippen LogP contribution in [0.3, 0.4) is 0 Å². The van der Waals surface area contributed by atoms with E-state index in [0.29, 0.717) is 41.2 Å². The fourth-order valence-corrected chi connectivity index (χ4v) is 9.36. The van der Waals surface area contributed by atoms with Crippen molar-refractivity contribution in [2.75, 3.05) is 14.1 Å². The maximum absolute atomic E-state index is 11.2. The molecule has 4 fully saturated rings. The Hall–Kier alpha value is -0.610. The Morgan fingerprint density at radius 1 is 1.00 bits per heavy atom.